The molecule has 0 saturated heterocycles. The van der Waals surface area contributed by atoms with E-state index >= 15 is 0 Å². The molecule has 0 aliphatic heterocycles. The van der Waals surface area contributed by atoms with Gasteiger partial charge in [-0.2, -0.15) is 5.10 Å². The predicted molar refractivity (Wildman–Crippen MR) is 83.1 cm³/mol. The molecule has 0 spiro atoms. The minimum Gasteiger partial charge on any atom is -0.497 e. The molecule has 0 saturated carbocycles. The number of nitrogens with two attached hydrogens (primary N) is 1. The lowest BCUT2D eigenvalue weighted by Gasteiger charge is -2.27. The summed E-state index contributed by atoms with van der Waals surface area (Å²) in [5.74, 6) is 1.62. The second kappa shape index (κ2) is 5.13. The minimum atomic E-state index is 0.217. The molecule has 1 aromatic carbocycles. The monoisotopic (exact) mass is 335 g/mol. The van der Waals surface area contributed by atoms with E-state index in [1.54, 1.807) is 7.11 Å². The molecule has 4 nitrogen and oxygen atoms in total. The van der Waals surface area contributed by atoms with E-state index < -0.39 is 0 Å². The molecule has 1 unspecified atom stereocenters. The van der Waals surface area contributed by atoms with Crippen LogP contribution < -0.4 is 10.5 Å². The highest BCUT2D eigenvalue weighted by Crippen LogP contribution is 2.37. The Balaban J connectivity index is 2.07. The number of anilines is 1. The maximum atomic E-state index is 6.18. The Morgan fingerprint density at radius 1 is 1.45 bits per heavy atom. The Hall–Kier alpha value is -1.49. The van der Waals surface area contributed by atoms with Gasteiger partial charge >= 0.3 is 0 Å². The zero-order valence-electron chi connectivity index (χ0n) is 11.7. The fourth-order valence-corrected chi connectivity index (χ4v) is 3.19. The molecular weight excluding hydrogens is 318 g/mol. The summed E-state index contributed by atoms with van der Waals surface area (Å²) in [6, 6.07) is 6.50. The minimum absolute atomic E-state index is 0.217. The van der Waals surface area contributed by atoms with Crippen molar-refractivity contribution in [2.75, 3.05) is 12.8 Å². The van der Waals surface area contributed by atoms with Gasteiger partial charge in [0.15, 0.2) is 0 Å². The Labute approximate surface area is 127 Å². The predicted octanol–water partition coefficient (Wildman–Crippen LogP) is 3.47. The molecule has 0 amide bonds. The van der Waals surface area contributed by atoms with Crippen molar-refractivity contribution in [1.82, 2.24) is 9.78 Å². The number of rotatable bonds is 2. The van der Waals surface area contributed by atoms with Crippen LogP contribution in [0.4, 0.5) is 5.82 Å². The summed E-state index contributed by atoms with van der Waals surface area (Å²) < 4.78 is 8.16. The smallest absolute Gasteiger partial charge is 0.137 e. The van der Waals surface area contributed by atoms with E-state index in [-0.39, 0.29) is 6.04 Å². The summed E-state index contributed by atoms with van der Waals surface area (Å²) in [7, 11) is 1.70. The number of hydrogen-bond donors (Lipinski definition) is 1. The van der Waals surface area contributed by atoms with Crippen molar-refractivity contribution in [2.45, 2.75) is 32.2 Å². The lowest BCUT2D eigenvalue weighted by atomic mass is 9.87. The summed E-state index contributed by atoms with van der Waals surface area (Å²) in [4.78, 5) is 0. The van der Waals surface area contributed by atoms with Gasteiger partial charge in [-0.05, 0) is 65.4 Å². The topological polar surface area (TPSA) is 53.1 Å². The maximum Gasteiger partial charge on any atom is 0.137 e. The van der Waals surface area contributed by atoms with Crippen LogP contribution in [0, 0.1) is 6.92 Å². The number of methoxy groups -OCH3 is 1. The molecular formula is C15H18BrN3O. The Kier molecular flexibility index (Phi) is 3.46. The van der Waals surface area contributed by atoms with Gasteiger partial charge in [-0.3, -0.25) is 0 Å². The van der Waals surface area contributed by atoms with Crippen LogP contribution in [0.1, 0.15) is 35.7 Å². The summed E-state index contributed by atoms with van der Waals surface area (Å²) in [5, 5.41) is 4.59. The fourth-order valence-electron chi connectivity index (χ4n) is 2.93. The molecule has 2 aromatic rings. The van der Waals surface area contributed by atoms with Crippen LogP contribution in [-0.4, -0.2) is 16.9 Å². The number of benzene rings is 1. The second-order valence-electron chi connectivity index (χ2n) is 5.20. The lowest BCUT2D eigenvalue weighted by Crippen LogP contribution is -2.20. The number of fused-ring (bicyclic) bond motifs is 1. The third-order valence-corrected chi connectivity index (χ3v) is 4.96. The van der Waals surface area contributed by atoms with Crippen molar-refractivity contribution in [3.63, 3.8) is 0 Å². The first-order valence-corrected chi connectivity index (χ1v) is 7.58. The first-order valence-electron chi connectivity index (χ1n) is 6.78. The molecule has 1 heterocycles. The van der Waals surface area contributed by atoms with Gasteiger partial charge in [-0.15, -0.1) is 0 Å². The van der Waals surface area contributed by atoms with Gasteiger partial charge in [0.2, 0.25) is 0 Å². The molecule has 1 aliphatic rings. The molecule has 2 N–H and O–H groups in total. The van der Waals surface area contributed by atoms with Crippen LogP contribution in [0.25, 0.3) is 0 Å². The fraction of sp³-hybridized carbons (Fsp3) is 0.400. The van der Waals surface area contributed by atoms with E-state index in [0.717, 1.165) is 35.2 Å². The van der Waals surface area contributed by atoms with E-state index in [0.29, 0.717) is 5.82 Å². The van der Waals surface area contributed by atoms with Crippen LogP contribution in [0.2, 0.25) is 0 Å². The van der Waals surface area contributed by atoms with Gasteiger partial charge in [-0.25, -0.2) is 4.68 Å². The van der Waals surface area contributed by atoms with Crippen molar-refractivity contribution in [2.24, 2.45) is 0 Å². The van der Waals surface area contributed by atoms with Gasteiger partial charge in [0.25, 0.3) is 0 Å². The number of aryl methyl sites for hydroxylation is 2. The molecule has 5 heteroatoms. The molecule has 1 aromatic heterocycles. The molecule has 106 valence electrons. The van der Waals surface area contributed by atoms with Crippen molar-refractivity contribution < 1.29 is 4.74 Å². The summed E-state index contributed by atoms with van der Waals surface area (Å²) in [6.45, 7) is 1.97. The van der Waals surface area contributed by atoms with E-state index in [4.69, 9.17) is 10.5 Å². The normalized spacial score (nSPS) is 17.9. The average molecular weight is 336 g/mol. The van der Waals surface area contributed by atoms with Crippen LogP contribution >= 0.6 is 15.9 Å². The highest BCUT2D eigenvalue weighted by atomic mass is 79.9. The number of nitrogens with zero attached hydrogens (tertiary/aromatic N) is 2. The maximum absolute atomic E-state index is 6.18. The van der Waals surface area contributed by atoms with Crippen LogP contribution in [-0.2, 0) is 6.42 Å². The molecule has 1 aliphatic carbocycles. The summed E-state index contributed by atoms with van der Waals surface area (Å²) in [5.41, 5.74) is 9.75. The largest absolute Gasteiger partial charge is 0.497 e. The number of nitrogen functional groups attached to an aromatic ring is 1. The number of aromatic nitrogens is 2. The highest BCUT2D eigenvalue weighted by molar-refractivity contribution is 9.10. The SMILES string of the molecule is COc1ccc2c(c1)CCCC2n1nc(C)c(Br)c1N. The number of ether oxygens (including phenoxy) is 1. The van der Waals surface area contributed by atoms with Gasteiger partial charge < -0.3 is 10.5 Å². The van der Waals surface area contributed by atoms with Crippen molar-refractivity contribution in [1.29, 1.82) is 0 Å². The Morgan fingerprint density at radius 3 is 2.90 bits per heavy atom. The molecule has 0 bridgehead atoms. The zero-order chi connectivity index (χ0) is 14.3. The highest BCUT2D eigenvalue weighted by Gasteiger charge is 2.25. The quantitative estimate of drug-likeness (QED) is 0.914. The zero-order valence-corrected chi connectivity index (χ0v) is 13.3. The van der Waals surface area contributed by atoms with Gasteiger partial charge in [0.05, 0.1) is 23.3 Å². The van der Waals surface area contributed by atoms with Gasteiger partial charge in [0, 0.05) is 0 Å². The Morgan fingerprint density at radius 2 is 2.25 bits per heavy atom. The molecule has 1 atom stereocenters. The second-order valence-corrected chi connectivity index (χ2v) is 5.99. The third-order valence-electron chi connectivity index (χ3n) is 3.98. The van der Waals surface area contributed by atoms with Crippen molar-refractivity contribution >= 4 is 21.7 Å². The lowest BCUT2D eigenvalue weighted by molar-refractivity contribution is 0.410. The van der Waals surface area contributed by atoms with Gasteiger partial charge in [-0.1, -0.05) is 6.07 Å². The number of hydrogen-bond acceptors (Lipinski definition) is 3. The van der Waals surface area contributed by atoms with E-state index in [2.05, 4.69) is 33.2 Å². The standard InChI is InChI=1S/C15H18BrN3O/c1-9-14(16)15(17)19(18-9)13-5-3-4-10-8-11(20-2)6-7-12(10)13/h6-8,13H,3-5,17H2,1-2H3. The van der Waals surface area contributed by atoms with E-state index in [1.165, 1.54) is 11.1 Å². The van der Waals surface area contributed by atoms with Crippen LogP contribution in [0.3, 0.4) is 0 Å². The molecule has 0 fully saturated rings. The Bertz CT molecular complexity index is 651. The first-order chi connectivity index (χ1) is 9.61. The van der Waals surface area contributed by atoms with E-state index in [1.807, 2.05) is 17.7 Å². The van der Waals surface area contributed by atoms with Crippen molar-refractivity contribution in [3.8, 4) is 5.75 Å². The molecule has 3 rings (SSSR count). The first kappa shape index (κ1) is 13.5. The van der Waals surface area contributed by atoms with Crippen molar-refractivity contribution in [3.05, 3.63) is 39.5 Å². The molecule has 0 radical (unpaired) electrons. The van der Waals surface area contributed by atoms with Crippen LogP contribution in [0.5, 0.6) is 5.75 Å². The summed E-state index contributed by atoms with van der Waals surface area (Å²) >= 11 is 3.50. The molecule has 20 heavy (non-hydrogen) atoms. The van der Waals surface area contributed by atoms with Crippen LogP contribution in [0.15, 0.2) is 22.7 Å². The summed E-state index contributed by atoms with van der Waals surface area (Å²) in [6.07, 6.45) is 3.29. The number of halogens is 1. The van der Waals surface area contributed by atoms with E-state index in [9.17, 15) is 0 Å². The van der Waals surface area contributed by atoms with Gasteiger partial charge in [0.1, 0.15) is 11.6 Å². The average Bonchev–Trinajstić information content (AvgIpc) is 2.73. The third kappa shape index (κ3) is 2.10.